The third kappa shape index (κ3) is 3.27. The Bertz CT molecular complexity index is 1110. The van der Waals surface area contributed by atoms with Crippen LogP contribution in [0.15, 0.2) is 65.3 Å². The summed E-state index contributed by atoms with van der Waals surface area (Å²) in [6, 6.07) is 13.8. The number of amides is 1. The molecule has 0 saturated heterocycles. The zero-order valence-corrected chi connectivity index (χ0v) is 14.8. The number of anilines is 1. The highest BCUT2D eigenvalue weighted by Gasteiger charge is 2.12. The molecule has 2 aromatic carbocycles. The quantitative estimate of drug-likeness (QED) is 0.510. The number of nitrogens with zero attached hydrogens (tertiary/aromatic N) is 2. The number of pyridine rings is 1. The maximum Gasteiger partial charge on any atom is 0.257 e. The molecule has 0 aliphatic heterocycles. The van der Waals surface area contributed by atoms with E-state index in [1.165, 1.54) is 6.20 Å². The number of hydrogen-bond acceptors (Lipinski definition) is 4. The maximum absolute atomic E-state index is 12.2. The van der Waals surface area contributed by atoms with Gasteiger partial charge in [0.05, 0.1) is 15.6 Å². The van der Waals surface area contributed by atoms with Gasteiger partial charge in [0.25, 0.3) is 5.91 Å². The molecule has 0 saturated carbocycles. The minimum Gasteiger partial charge on any atom is -0.436 e. The third-order valence-corrected chi connectivity index (χ3v) is 4.47. The van der Waals surface area contributed by atoms with Crippen LogP contribution < -0.4 is 5.32 Å². The van der Waals surface area contributed by atoms with Crippen LogP contribution >= 0.6 is 23.2 Å². The van der Waals surface area contributed by atoms with Crippen LogP contribution in [0.4, 0.5) is 5.69 Å². The van der Waals surface area contributed by atoms with E-state index in [1.807, 2.05) is 0 Å². The van der Waals surface area contributed by atoms with E-state index >= 15 is 0 Å². The van der Waals surface area contributed by atoms with Crippen molar-refractivity contribution in [1.29, 1.82) is 0 Å². The Labute approximate surface area is 158 Å². The summed E-state index contributed by atoms with van der Waals surface area (Å²) in [5.74, 6) is 0.181. The average molecular weight is 384 g/mol. The molecule has 1 N–H and O–H groups in total. The van der Waals surface area contributed by atoms with Crippen LogP contribution in [0, 0.1) is 0 Å². The summed E-state index contributed by atoms with van der Waals surface area (Å²) < 4.78 is 5.76. The first-order valence-corrected chi connectivity index (χ1v) is 8.43. The van der Waals surface area contributed by atoms with Crippen molar-refractivity contribution in [2.75, 3.05) is 5.32 Å². The van der Waals surface area contributed by atoms with Crippen LogP contribution in [-0.2, 0) is 0 Å². The lowest BCUT2D eigenvalue weighted by Gasteiger charge is -2.04. The van der Waals surface area contributed by atoms with Gasteiger partial charge in [-0.05, 0) is 48.5 Å². The van der Waals surface area contributed by atoms with E-state index < -0.39 is 0 Å². The summed E-state index contributed by atoms with van der Waals surface area (Å²) in [6.07, 6.45) is 3.12. The SMILES string of the molecule is O=C(Nc1ccc2oc(-c3ccc(Cl)c(Cl)c3)nc2c1)c1cccnc1. The second kappa shape index (κ2) is 6.78. The minimum atomic E-state index is -0.245. The molecule has 0 aliphatic carbocycles. The van der Waals surface area contributed by atoms with Gasteiger partial charge < -0.3 is 9.73 Å². The first-order chi connectivity index (χ1) is 12.6. The standard InChI is InChI=1S/C19H11Cl2N3O2/c20-14-5-3-11(8-15(14)21)19-24-16-9-13(4-6-17(16)26-19)23-18(25)12-2-1-7-22-10-12/h1-10H,(H,23,25). The Hall–Kier alpha value is -2.89. The summed E-state index contributed by atoms with van der Waals surface area (Å²) >= 11 is 12.0. The van der Waals surface area contributed by atoms with Crippen LogP contribution in [0.3, 0.4) is 0 Å². The van der Waals surface area contributed by atoms with Crippen molar-refractivity contribution in [2.45, 2.75) is 0 Å². The van der Waals surface area contributed by atoms with E-state index in [4.69, 9.17) is 27.6 Å². The fraction of sp³-hybridized carbons (Fsp3) is 0. The number of halogens is 2. The van der Waals surface area contributed by atoms with Gasteiger partial charge in [0.2, 0.25) is 5.89 Å². The molecule has 0 unspecified atom stereocenters. The number of hydrogen-bond donors (Lipinski definition) is 1. The Morgan fingerprint density at radius 2 is 1.92 bits per heavy atom. The van der Waals surface area contributed by atoms with E-state index in [0.717, 1.165) is 5.56 Å². The lowest BCUT2D eigenvalue weighted by atomic mass is 10.2. The summed E-state index contributed by atoms with van der Waals surface area (Å²) in [5.41, 5.74) is 3.03. The van der Waals surface area contributed by atoms with Crippen LogP contribution in [0.1, 0.15) is 10.4 Å². The molecular weight excluding hydrogens is 373 g/mol. The molecule has 26 heavy (non-hydrogen) atoms. The highest BCUT2D eigenvalue weighted by atomic mass is 35.5. The largest absolute Gasteiger partial charge is 0.436 e. The second-order valence-electron chi connectivity index (χ2n) is 5.53. The Morgan fingerprint density at radius 3 is 2.69 bits per heavy atom. The van der Waals surface area contributed by atoms with Crippen molar-refractivity contribution in [3.8, 4) is 11.5 Å². The van der Waals surface area contributed by atoms with E-state index in [9.17, 15) is 4.79 Å². The first kappa shape index (κ1) is 16.6. The molecule has 0 fully saturated rings. The predicted octanol–water partition coefficient (Wildman–Crippen LogP) is 5.45. The Morgan fingerprint density at radius 1 is 1.04 bits per heavy atom. The average Bonchev–Trinajstić information content (AvgIpc) is 3.08. The fourth-order valence-corrected chi connectivity index (χ4v) is 2.76. The number of oxazole rings is 1. The highest BCUT2D eigenvalue weighted by Crippen LogP contribution is 2.30. The Kier molecular flexibility index (Phi) is 4.32. The van der Waals surface area contributed by atoms with Crippen molar-refractivity contribution in [3.63, 3.8) is 0 Å². The fourth-order valence-electron chi connectivity index (χ4n) is 2.46. The van der Waals surface area contributed by atoms with Gasteiger partial charge in [-0.2, -0.15) is 0 Å². The molecule has 0 radical (unpaired) electrons. The molecule has 4 rings (SSSR count). The van der Waals surface area contributed by atoms with Crippen LogP contribution in [0.25, 0.3) is 22.6 Å². The third-order valence-electron chi connectivity index (χ3n) is 3.74. The molecule has 2 aromatic heterocycles. The van der Waals surface area contributed by atoms with Gasteiger partial charge in [0, 0.05) is 23.6 Å². The molecule has 4 aromatic rings. The second-order valence-corrected chi connectivity index (χ2v) is 6.34. The molecular formula is C19H11Cl2N3O2. The summed E-state index contributed by atoms with van der Waals surface area (Å²) in [7, 11) is 0. The molecule has 2 heterocycles. The van der Waals surface area contributed by atoms with E-state index in [0.29, 0.717) is 38.3 Å². The number of carbonyl (C=O) groups excluding carboxylic acids is 1. The smallest absolute Gasteiger partial charge is 0.257 e. The van der Waals surface area contributed by atoms with Crippen molar-refractivity contribution >= 4 is 45.9 Å². The molecule has 0 spiro atoms. The number of benzene rings is 2. The lowest BCUT2D eigenvalue weighted by molar-refractivity contribution is 0.102. The molecule has 0 bridgehead atoms. The van der Waals surface area contributed by atoms with Crippen molar-refractivity contribution in [2.24, 2.45) is 0 Å². The van der Waals surface area contributed by atoms with Gasteiger partial charge in [-0.1, -0.05) is 23.2 Å². The molecule has 0 aliphatic rings. The van der Waals surface area contributed by atoms with Gasteiger partial charge in [-0.3, -0.25) is 9.78 Å². The van der Waals surface area contributed by atoms with Gasteiger partial charge in [-0.15, -0.1) is 0 Å². The van der Waals surface area contributed by atoms with Gasteiger partial charge in [0.15, 0.2) is 5.58 Å². The maximum atomic E-state index is 12.2. The van der Waals surface area contributed by atoms with Crippen LogP contribution in [0.5, 0.6) is 0 Å². The van der Waals surface area contributed by atoms with Crippen molar-refractivity contribution in [1.82, 2.24) is 9.97 Å². The lowest BCUT2D eigenvalue weighted by Crippen LogP contribution is -2.11. The topological polar surface area (TPSA) is 68.0 Å². The number of fused-ring (bicyclic) bond motifs is 1. The summed E-state index contributed by atoms with van der Waals surface area (Å²) in [5, 5.41) is 3.71. The highest BCUT2D eigenvalue weighted by molar-refractivity contribution is 6.42. The zero-order chi connectivity index (χ0) is 18.1. The molecule has 5 nitrogen and oxygen atoms in total. The number of nitrogens with one attached hydrogen (secondary N) is 1. The summed E-state index contributed by atoms with van der Waals surface area (Å²) in [6.45, 7) is 0. The molecule has 1 amide bonds. The van der Waals surface area contributed by atoms with Crippen LogP contribution in [-0.4, -0.2) is 15.9 Å². The normalized spacial score (nSPS) is 10.8. The van der Waals surface area contributed by atoms with Gasteiger partial charge in [-0.25, -0.2) is 4.98 Å². The first-order valence-electron chi connectivity index (χ1n) is 7.67. The number of rotatable bonds is 3. The minimum absolute atomic E-state index is 0.245. The van der Waals surface area contributed by atoms with E-state index in [2.05, 4.69) is 15.3 Å². The van der Waals surface area contributed by atoms with Gasteiger partial charge in [0.1, 0.15) is 5.52 Å². The summed E-state index contributed by atoms with van der Waals surface area (Å²) in [4.78, 5) is 20.6. The number of carbonyl (C=O) groups is 1. The number of aromatic nitrogens is 2. The Balaban J connectivity index is 1.63. The predicted molar refractivity (Wildman–Crippen MR) is 102 cm³/mol. The van der Waals surface area contributed by atoms with E-state index in [-0.39, 0.29) is 5.91 Å². The van der Waals surface area contributed by atoms with Crippen molar-refractivity contribution in [3.05, 3.63) is 76.5 Å². The molecule has 7 heteroatoms. The van der Waals surface area contributed by atoms with Gasteiger partial charge >= 0.3 is 0 Å². The zero-order valence-electron chi connectivity index (χ0n) is 13.2. The van der Waals surface area contributed by atoms with Crippen molar-refractivity contribution < 1.29 is 9.21 Å². The molecule has 128 valence electrons. The monoisotopic (exact) mass is 383 g/mol. The van der Waals surface area contributed by atoms with Crippen LogP contribution in [0.2, 0.25) is 10.0 Å². The van der Waals surface area contributed by atoms with E-state index in [1.54, 1.807) is 54.7 Å². The molecule has 0 atom stereocenters.